The Labute approximate surface area is 75.3 Å². The van der Waals surface area contributed by atoms with Crippen LogP contribution in [0, 0.1) is 5.82 Å². The number of nitrogens with zero attached hydrogens (tertiary/aromatic N) is 2. The van der Waals surface area contributed by atoms with Gasteiger partial charge < -0.3 is 0 Å². The Hall–Kier alpha value is -1.54. The largest absolute Gasteiger partial charge is 0.256 e. The van der Waals surface area contributed by atoms with Gasteiger partial charge in [-0.05, 0) is 26.0 Å². The minimum Gasteiger partial charge on any atom is -0.256 e. The van der Waals surface area contributed by atoms with Crippen molar-refractivity contribution in [2.24, 2.45) is 4.99 Å². The highest BCUT2D eigenvalue weighted by Gasteiger charge is 2.24. The molecule has 0 aliphatic carbocycles. The van der Waals surface area contributed by atoms with Gasteiger partial charge in [0.25, 0.3) is 0 Å². The van der Waals surface area contributed by atoms with Gasteiger partial charge in [-0.1, -0.05) is 0 Å². The van der Waals surface area contributed by atoms with Crippen LogP contribution in [0.2, 0.25) is 0 Å². The lowest BCUT2D eigenvalue weighted by Crippen LogP contribution is -2.17. The van der Waals surface area contributed by atoms with Crippen molar-refractivity contribution in [1.82, 2.24) is 4.98 Å². The molecule has 0 spiro atoms. The second-order valence-corrected chi connectivity index (χ2v) is 3.10. The summed E-state index contributed by atoms with van der Waals surface area (Å²) >= 11 is 0. The number of hydrogen-bond acceptors (Lipinski definition) is 3. The zero-order valence-corrected chi connectivity index (χ0v) is 7.41. The van der Waals surface area contributed by atoms with Crippen LogP contribution in [-0.4, -0.2) is 11.1 Å². The third-order valence-electron chi connectivity index (χ3n) is 1.66. The summed E-state index contributed by atoms with van der Waals surface area (Å²) in [6, 6.07) is 2.77. The van der Waals surface area contributed by atoms with E-state index in [1.165, 1.54) is 24.4 Å². The monoisotopic (exact) mass is 180 g/mol. The van der Waals surface area contributed by atoms with E-state index < -0.39 is 11.4 Å². The quantitative estimate of drug-likeness (QED) is 0.514. The maximum Gasteiger partial charge on any atom is 0.235 e. The van der Waals surface area contributed by atoms with Crippen molar-refractivity contribution in [3.8, 4) is 0 Å². The van der Waals surface area contributed by atoms with Crippen molar-refractivity contribution in [3.05, 3.63) is 29.8 Å². The molecule has 0 aromatic carbocycles. The molecule has 0 saturated carbocycles. The molecule has 3 nitrogen and oxygen atoms in total. The van der Waals surface area contributed by atoms with E-state index in [0.29, 0.717) is 0 Å². The first-order valence-electron chi connectivity index (χ1n) is 3.78. The Morgan fingerprint density at radius 2 is 2.31 bits per heavy atom. The van der Waals surface area contributed by atoms with E-state index in [1.807, 2.05) is 0 Å². The molecule has 0 bridgehead atoms. The molecule has 0 unspecified atom stereocenters. The fraction of sp³-hybridized carbons (Fsp3) is 0.333. The molecule has 4 heteroatoms. The van der Waals surface area contributed by atoms with E-state index in [1.54, 1.807) is 13.8 Å². The van der Waals surface area contributed by atoms with E-state index >= 15 is 0 Å². The molecule has 0 aliphatic rings. The third kappa shape index (κ3) is 1.98. The molecule has 0 aliphatic heterocycles. The zero-order chi connectivity index (χ0) is 9.90. The molecule has 1 heterocycles. The third-order valence-corrected chi connectivity index (χ3v) is 1.66. The van der Waals surface area contributed by atoms with Gasteiger partial charge in [0, 0.05) is 6.20 Å². The van der Waals surface area contributed by atoms with Crippen LogP contribution in [0.25, 0.3) is 0 Å². The fourth-order valence-electron chi connectivity index (χ4n) is 1.00. The van der Waals surface area contributed by atoms with E-state index in [0.717, 1.165) is 0 Å². The Bertz CT molecular complexity index is 356. The Morgan fingerprint density at radius 1 is 1.62 bits per heavy atom. The predicted octanol–water partition coefficient (Wildman–Crippen LogP) is 1.79. The summed E-state index contributed by atoms with van der Waals surface area (Å²) in [5, 5.41) is 0. The lowest BCUT2D eigenvalue weighted by molar-refractivity contribution is 0.475. The molecule has 68 valence electrons. The second-order valence-electron chi connectivity index (χ2n) is 3.10. The van der Waals surface area contributed by atoms with Gasteiger partial charge >= 0.3 is 0 Å². The predicted molar refractivity (Wildman–Crippen MR) is 45.3 cm³/mol. The number of hydrogen-bond donors (Lipinski definition) is 0. The number of rotatable bonds is 2. The van der Waals surface area contributed by atoms with E-state index in [4.69, 9.17) is 0 Å². The topological polar surface area (TPSA) is 42.3 Å². The number of halogens is 1. The van der Waals surface area contributed by atoms with Gasteiger partial charge in [0.05, 0.1) is 0 Å². The Balaban J connectivity index is 3.21. The summed E-state index contributed by atoms with van der Waals surface area (Å²) in [7, 11) is 0. The van der Waals surface area contributed by atoms with Gasteiger partial charge in [0.1, 0.15) is 17.1 Å². The molecule has 13 heavy (non-hydrogen) atoms. The molecular formula is C9H9FN2O. The highest BCUT2D eigenvalue weighted by atomic mass is 19.1. The summed E-state index contributed by atoms with van der Waals surface area (Å²) in [5.41, 5.74) is -0.800. The first kappa shape index (κ1) is 9.55. The van der Waals surface area contributed by atoms with Crippen LogP contribution in [0.4, 0.5) is 4.39 Å². The Morgan fingerprint density at radius 3 is 2.85 bits per heavy atom. The van der Waals surface area contributed by atoms with Crippen LogP contribution in [0.5, 0.6) is 0 Å². The molecule has 1 aromatic heterocycles. The Kier molecular flexibility index (Phi) is 2.54. The number of aliphatic imine (C=N–C) groups is 1. The minimum absolute atomic E-state index is 0.151. The number of isocyanates is 1. The van der Waals surface area contributed by atoms with Crippen molar-refractivity contribution in [2.45, 2.75) is 19.4 Å². The lowest BCUT2D eigenvalue weighted by atomic mass is 10.0. The van der Waals surface area contributed by atoms with Crippen molar-refractivity contribution in [2.75, 3.05) is 0 Å². The molecule has 0 fully saturated rings. The summed E-state index contributed by atoms with van der Waals surface area (Å²) in [6.07, 6.45) is 2.86. The SMILES string of the molecule is CC(C)(N=C=O)c1ncccc1F. The maximum atomic E-state index is 13.2. The standard InChI is InChI=1S/C9H9FN2O/c1-9(2,12-6-13)8-7(10)4-3-5-11-8/h3-5H,1-2H3. The minimum atomic E-state index is -0.951. The first-order chi connectivity index (χ1) is 6.08. The van der Waals surface area contributed by atoms with Crippen LogP contribution in [-0.2, 0) is 10.3 Å². The zero-order valence-electron chi connectivity index (χ0n) is 7.41. The van der Waals surface area contributed by atoms with E-state index in [2.05, 4.69) is 9.98 Å². The average Bonchev–Trinajstić information content (AvgIpc) is 2.04. The molecule has 0 radical (unpaired) electrons. The normalized spacial score (nSPS) is 10.7. The van der Waals surface area contributed by atoms with Crippen LogP contribution in [0.1, 0.15) is 19.5 Å². The molecule has 1 aromatic rings. The average molecular weight is 180 g/mol. The summed E-state index contributed by atoms with van der Waals surface area (Å²) in [6.45, 7) is 3.20. The molecule has 0 atom stereocenters. The van der Waals surface area contributed by atoms with Gasteiger partial charge in [-0.25, -0.2) is 9.18 Å². The first-order valence-corrected chi connectivity index (χ1v) is 3.78. The van der Waals surface area contributed by atoms with Gasteiger partial charge in [-0.3, -0.25) is 4.98 Å². The van der Waals surface area contributed by atoms with Gasteiger partial charge in [0.15, 0.2) is 0 Å². The van der Waals surface area contributed by atoms with Crippen molar-refractivity contribution < 1.29 is 9.18 Å². The molecule has 0 saturated heterocycles. The van der Waals surface area contributed by atoms with Crippen LogP contribution < -0.4 is 0 Å². The lowest BCUT2D eigenvalue weighted by Gasteiger charge is -2.16. The van der Waals surface area contributed by atoms with Gasteiger partial charge in [-0.2, -0.15) is 4.99 Å². The number of carbonyl (C=O) groups excluding carboxylic acids is 1. The molecule has 0 amide bonds. The van der Waals surface area contributed by atoms with Gasteiger partial charge in [0.2, 0.25) is 6.08 Å². The van der Waals surface area contributed by atoms with Crippen molar-refractivity contribution in [1.29, 1.82) is 0 Å². The molecular weight excluding hydrogens is 171 g/mol. The fourth-order valence-corrected chi connectivity index (χ4v) is 1.00. The number of aromatic nitrogens is 1. The van der Waals surface area contributed by atoms with Crippen LogP contribution in [0.15, 0.2) is 23.3 Å². The summed E-state index contributed by atoms with van der Waals surface area (Å²) < 4.78 is 13.2. The van der Waals surface area contributed by atoms with Crippen LogP contribution >= 0.6 is 0 Å². The highest BCUT2D eigenvalue weighted by molar-refractivity contribution is 5.36. The smallest absolute Gasteiger partial charge is 0.235 e. The number of pyridine rings is 1. The summed E-state index contributed by atoms with van der Waals surface area (Å²) in [5.74, 6) is -0.466. The highest BCUT2D eigenvalue weighted by Crippen LogP contribution is 2.23. The van der Waals surface area contributed by atoms with E-state index in [9.17, 15) is 9.18 Å². The second kappa shape index (κ2) is 3.46. The summed E-state index contributed by atoms with van der Waals surface area (Å²) in [4.78, 5) is 17.4. The van der Waals surface area contributed by atoms with E-state index in [-0.39, 0.29) is 5.69 Å². The molecule has 0 N–H and O–H groups in total. The van der Waals surface area contributed by atoms with Gasteiger partial charge in [-0.15, -0.1) is 0 Å². The molecule has 1 rings (SSSR count). The van der Waals surface area contributed by atoms with Crippen molar-refractivity contribution >= 4 is 6.08 Å². The maximum absolute atomic E-state index is 13.2. The van der Waals surface area contributed by atoms with Crippen LogP contribution in [0.3, 0.4) is 0 Å². The van der Waals surface area contributed by atoms with Crippen molar-refractivity contribution in [3.63, 3.8) is 0 Å².